The van der Waals surface area contributed by atoms with Crippen molar-refractivity contribution >= 4 is 5.97 Å². The zero-order chi connectivity index (χ0) is 18.9. The van der Waals surface area contributed by atoms with Crippen LogP contribution in [0.5, 0.6) is 0 Å². The third kappa shape index (κ3) is 3.93. The van der Waals surface area contributed by atoms with Crippen LogP contribution in [0.1, 0.15) is 0 Å². The van der Waals surface area contributed by atoms with E-state index in [9.17, 15) is 35.4 Å². The molecular formula is C13H22O12. The molecule has 2 rings (SSSR count). The standard InChI is InChI=1S/C13H22O12/c1-22-12(21)10-7(18)9(8(19)11(20)24-10)25-13-6(17)5(16)4(15)3(2-14)23-13/h3-11,13-20H,2H2,1H3/t3-,4-,5+,6-,7+,8-,9+,10+,11?,13+/m1/s1. The Morgan fingerprint density at radius 3 is 2.12 bits per heavy atom. The van der Waals surface area contributed by atoms with Crippen molar-refractivity contribution in [1.82, 2.24) is 0 Å². The van der Waals surface area contributed by atoms with Crippen LogP contribution in [0.25, 0.3) is 0 Å². The number of hydrogen-bond acceptors (Lipinski definition) is 12. The zero-order valence-electron chi connectivity index (χ0n) is 13.2. The monoisotopic (exact) mass is 370 g/mol. The van der Waals surface area contributed by atoms with Gasteiger partial charge in [-0.15, -0.1) is 0 Å². The lowest BCUT2D eigenvalue weighted by molar-refractivity contribution is -0.352. The lowest BCUT2D eigenvalue weighted by atomic mass is 9.97. The van der Waals surface area contributed by atoms with E-state index in [0.717, 1.165) is 7.11 Å². The lowest BCUT2D eigenvalue weighted by Crippen LogP contribution is -2.65. The van der Waals surface area contributed by atoms with Gasteiger partial charge in [0.1, 0.15) is 42.7 Å². The second-order valence-corrected chi connectivity index (χ2v) is 5.75. The quantitative estimate of drug-likeness (QED) is 0.233. The molecule has 25 heavy (non-hydrogen) atoms. The highest BCUT2D eigenvalue weighted by molar-refractivity contribution is 5.75. The summed E-state index contributed by atoms with van der Waals surface area (Å²) in [5, 5.41) is 68.2. The first-order valence-electron chi connectivity index (χ1n) is 7.46. The van der Waals surface area contributed by atoms with Gasteiger partial charge in [0.15, 0.2) is 18.7 Å². The van der Waals surface area contributed by atoms with Gasteiger partial charge in [-0.25, -0.2) is 4.79 Å². The largest absolute Gasteiger partial charge is 0.467 e. The van der Waals surface area contributed by atoms with Crippen LogP contribution in [0.15, 0.2) is 0 Å². The smallest absolute Gasteiger partial charge is 0.337 e. The van der Waals surface area contributed by atoms with Crippen LogP contribution in [0.2, 0.25) is 0 Å². The molecule has 7 N–H and O–H groups in total. The number of aliphatic hydroxyl groups is 7. The van der Waals surface area contributed by atoms with Gasteiger partial charge < -0.3 is 54.7 Å². The first kappa shape index (κ1) is 20.4. The predicted octanol–water partition coefficient (Wildman–Crippen LogP) is -5.22. The van der Waals surface area contributed by atoms with Gasteiger partial charge >= 0.3 is 5.97 Å². The van der Waals surface area contributed by atoms with Crippen molar-refractivity contribution in [2.24, 2.45) is 0 Å². The SMILES string of the molecule is COC(=O)[C@H]1OC(O)[C@H](O)[C@@H](O[C@@H]2O[C@H](CO)[C@@H](O)[C@H](O)[C@H]2O)[C@@H]1O. The van der Waals surface area contributed by atoms with Crippen LogP contribution in [0.4, 0.5) is 0 Å². The third-order valence-electron chi connectivity index (χ3n) is 4.13. The Hall–Kier alpha value is -0.930. The van der Waals surface area contributed by atoms with Gasteiger partial charge in [-0.05, 0) is 0 Å². The summed E-state index contributed by atoms with van der Waals surface area (Å²) in [6, 6.07) is 0. The molecule has 0 radical (unpaired) electrons. The molecule has 2 saturated heterocycles. The van der Waals surface area contributed by atoms with E-state index in [1.54, 1.807) is 0 Å². The molecule has 0 bridgehead atoms. The van der Waals surface area contributed by atoms with Crippen LogP contribution in [0.3, 0.4) is 0 Å². The van der Waals surface area contributed by atoms with E-state index in [2.05, 4.69) is 4.74 Å². The Kier molecular flexibility index (Phi) is 6.67. The summed E-state index contributed by atoms with van der Waals surface area (Å²) in [7, 11) is 1.02. The maximum atomic E-state index is 11.6. The summed E-state index contributed by atoms with van der Waals surface area (Å²) < 4.78 is 19.5. The van der Waals surface area contributed by atoms with Gasteiger partial charge in [-0.1, -0.05) is 0 Å². The maximum absolute atomic E-state index is 11.6. The average molecular weight is 370 g/mol. The minimum Gasteiger partial charge on any atom is -0.467 e. The predicted molar refractivity (Wildman–Crippen MR) is 73.5 cm³/mol. The molecule has 0 aromatic heterocycles. The Bertz CT molecular complexity index is 458. The number of esters is 1. The number of carbonyl (C=O) groups excluding carboxylic acids is 1. The van der Waals surface area contributed by atoms with Crippen molar-refractivity contribution in [3.8, 4) is 0 Å². The van der Waals surface area contributed by atoms with Crippen molar-refractivity contribution in [1.29, 1.82) is 0 Å². The number of aliphatic hydroxyl groups excluding tert-OH is 7. The molecule has 0 spiro atoms. The molecule has 0 amide bonds. The molecule has 2 heterocycles. The minimum atomic E-state index is -1.91. The van der Waals surface area contributed by atoms with Crippen molar-refractivity contribution in [2.45, 2.75) is 61.4 Å². The summed E-state index contributed by atoms with van der Waals surface area (Å²) in [6.45, 7) is -0.711. The molecule has 10 atom stereocenters. The second-order valence-electron chi connectivity index (χ2n) is 5.75. The molecule has 0 aromatic carbocycles. The lowest BCUT2D eigenvalue weighted by Gasteiger charge is -2.44. The first-order valence-corrected chi connectivity index (χ1v) is 7.46. The summed E-state index contributed by atoms with van der Waals surface area (Å²) in [6.07, 6.45) is -17.0. The number of carbonyl (C=O) groups is 1. The Morgan fingerprint density at radius 2 is 1.56 bits per heavy atom. The topological polar surface area (TPSA) is 196 Å². The fourth-order valence-corrected chi connectivity index (χ4v) is 2.65. The van der Waals surface area contributed by atoms with Gasteiger partial charge in [-0.3, -0.25) is 0 Å². The van der Waals surface area contributed by atoms with Crippen molar-refractivity contribution in [3.05, 3.63) is 0 Å². The van der Waals surface area contributed by atoms with Gasteiger partial charge in [0, 0.05) is 0 Å². The molecule has 0 saturated carbocycles. The van der Waals surface area contributed by atoms with Crippen LogP contribution in [0, 0.1) is 0 Å². The van der Waals surface area contributed by atoms with Crippen LogP contribution in [-0.4, -0.2) is 117 Å². The number of ether oxygens (including phenoxy) is 4. The van der Waals surface area contributed by atoms with Crippen LogP contribution >= 0.6 is 0 Å². The van der Waals surface area contributed by atoms with Gasteiger partial charge in [-0.2, -0.15) is 0 Å². The summed E-state index contributed by atoms with van der Waals surface area (Å²) in [5.41, 5.74) is 0. The molecule has 2 aliphatic rings. The Labute approximate surface area is 141 Å². The highest BCUT2D eigenvalue weighted by atomic mass is 16.7. The fourth-order valence-electron chi connectivity index (χ4n) is 2.65. The molecule has 2 fully saturated rings. The summed E-state index contributed by atoms with van der Waals surface area (Å²) in [5.74, 6) is -1.04. The van der Waals surface area contributed by atoms with E-state index in [4.69, 9.17) is 19.3 Å². The Balaban J connectivity index is 2.16. The van der Waals surface area contributed by atoms with Crippen molar-refractivity contribution in [2.75, 3.05) is 13.7 Å². The summed E-state index contributed by atoms with van der Waals surface area (Å²) in [4.78, 5) is 11.6. The van der Waals surface area contributed by atoms with E-state index < -0.39 is 74.0 Å². The van der Waals surface area contributed by atoms with Gasteiger partial charge in [0.2, 0.25) is 0 Å². The molecular weight excluding hydrogens is 348 g/mol. The van der Waals surface area contributed by atoms with E-state index in [0.29, 0.717) is 0 Å². The molecule has 0 aromatic rings. The fraction of sp³-hybridized carbons (Fsp3) is 0.923. The average Bonchev–Trinajstić information content (AvgIpc) is 2.60. The number of rotatable bonds is 4. The van der Waals surface area contributed by atoms with Crippen molar-refractivity contribution < 1.29 is 59.5 Å². The Morgan fingerprint density at radius 1 is 0.920 bits per heavy atom. The molecule has 2 aliphatic heterocycles. The zero-order valence-corrected chi connectivity index (χ0v) is 13.2. The van der Waals surface area contributed by atoms with E-state index >= 15 is 0 Å². The van der Waals surface area contributed by atoms with Crippen molar-refractivity contribution in [3.63, 3.8) is 0 Å². The highest BCUT2D eigenvalue weighted by Crippen LogP contribution is 2.28. The maximum Gasteiger partial charge on any atom is 0.337 e. The van der Waals surface area contributed by atoms with Gasteiger partial charge in [0.05, 0.1) is 13.7 Å². The number of methoxy groups -OCH3 is 1. The molecule has 12 heteroatoms. The normalized spacial score (nSPS) is 48.2. The third-order valence-corrected chi connectivity index (χ3v) is 4.13. The van der Waals surface area contributed by atoms with Crippen LogP contribution in [-0.2, 0) is 23.7 Å². The number of hydrogen-bond donors (Lipinski definition) is 7. The second kappa shape index (κ2) is 8.18. The molecule has 12 nitrogen and oxygen atoms in total. The van der Waals surface area contributed by atoms with E-state index in [-0.39, 0.29) is 0 Å². The minimum absolute atomic E-state index is 0.711. The molecule has 146 valence electrons. The highest BCUT2D eigenvalue weighted by Gasteiger charge is 2.52. The summed E-state index contributed by atoms with van der Waals surface area (Å²) >= 11 is 0. The van der Waals surface area contributed by atoms with Gasteiger partial charge in [0.25, 0.3) is 0 Å². The van der Waals surface area contributed by atoms with E-state index in [1.165, 1.54) is 0 Å². The molecule has 1 unspecified atom stereocenters. The first-order chi connectivity index (χ1) is 11.7. The van der Waals surface area contributed by atoms with E-state index in [1.807, 2.05) is 0 Å². The molecule has 0 aliphatic carbocycles. The van der Waals surface area contributed by atoms with Crippen LogP contribution < -0.4 is 0 Å².